The molecule has 26 heavy (non-hydrogen) atoms. The van der Waals surface area contributed by atoms with Crippen molar-refractivity contribution >= 4 is 6.03 Å². The summed E-state index contributed by atoms with van der Waals surface area (Å²) in [6.45, 7) is 4.37. The molecule has 2 fully saturated rings. The Bertz CT molecular complexity index is 742. The molecule has 0 saturated carbocycles. The van der Waals surface area contributed by atoms with Crippen LogP contribution in [0.3, 0.4) is 0 Å². The van der Waals surface area contributed by atoms with Crippen LogP contribution in [0.25, 0.3) is 0 Å². The molecule has 2 aromatic rings. The van der Waals surface area contributed by atoms with Crippen molar-refractivity contribution < 1.29 is 14.1 Å². The monoisotopic (exact) mass is 356 g/mol. The average molecular weight is 356 g/mol. The molecule has 2 saturated heterocycles. The van der Waals surface area contributed by atoms with Crippen molar-refractivity contribution in [2.45, 2.75) is 37.7 Å². The van der Waals surface area contributed by atoms with Gasteiger partial charge in [-0.2, -0.15) is 4.98 Å². The van der Waals surface area contributed by atoms with Gasteiger partial charge in [-0.05, 0) is 25.3 Å². The number of carbonyl (C=O) groups is 1. The highest BCUT2D eigenvalue weighted by molar-refractivity contribution is 5.75. The van der Waals surface area contributed by atoms with Crippen molar-refractivity contribution in [2.24, 2.45) is 0 Å². The van der Waals surface area contributed by atoms with Gasteiger partial charge in [0.15, 0.2) is 5.82 Å². The normalized spacial score (nSPS) is 25.6. The first-order chi connectivity index (χ1) is 12.7. The molecule has 3 atom stereocenters. The standard InChI is InChI=1S/C19H24N4O3/c1-13-21-18(26-22-13)17-12-23(11-16(17)14-6-3-2-4-7-14)19(24)20-10-15-8-5-9-25-15/h2-4,6-7,15-17H,5,8-12H2,1H3,(H,20,24)/t15-,16+,17+/m0/s1. The number of likely N-dealkylation sites (tertiary alicyclic amines) is 1. The molecule has 0 unspecified atom stereocenters. The predicted octanol–water partition coefficient (Wildman–Crippen LogP) is 2.45. The zero-order chi connectivity index (χ0) is 17.9. The zero-order valence-corrected chi connectivity index (χ0v) is 14.9. The smallest absolute Gasteiger partial charge is 0.317 e. The van der Waals surface area contributed by atoms with Gasteiger partial charge in [-0.1, -0.05) is 35.5 Å². The Kier molecular flexibility index (Phi) is 4.88. The van der Waals surface area contributed by atoms with Gasteiger partial charge in [-0.25, -0.2) is 4.79 Å². The number of aryl methyl sites for hydroxylation is 1. The molecule has 2 aliphatic heterocycles. The number of rotatable bonds is 4. The van der Waals surface area contributed by atoms with Gasteiger partial charge < -0.3 is 19.5 Å². The Morgan fingerprint density at radius 1 is 1.27 bits per heavy atom. The Labute approximate surface area is 152 Å². The van der Waals surface area contributed by atoms with Gasteiger partial charge in [0.05, 0.1) is 12.0 Å². The van der Waals surface area contributed by atoms with Gasteiger partial charge in [0.1, 0.15) is 0 Å². The minimum Gasteiger partial charge on any atom is -0.376 e. The maximum absolute atomic E-state index is 12.7. The third-order valence-corrected chi connectivity index (χ3v) is 5.20. The predicted molar refractivity (Wildman–Crippen MR) is 94.9 cm³/mol. The van der Waals surface area contributed by atoms with E-state index in [9.17, 15) is 4.79 Å². The third-order valence-electron chi connectivity index (χ3n) is 5.20. The Morgan fingerprint density at radius 3 is 2.77 bits per heavy atom. The molecule has 7 heteroatoms. The quantitative estimate of drug-likeness (QED) is 0.910. The summed E-state index contributed by atoms with van der Waals surface area (Å²) < 4.78 is 11.0. The van der Waals surface area contributed by atoms with E-state index < -0.39 is 0 Å². The van der Waals surface area contributed by atoms with E-state index in [-0.39, 0.29) is 24.0 Å². The summed E-state index contributed by atoms with van der Waals surface area (Å²) in [4.78, 5) is 18.9. The number of nitrogens with one attached hydrogen (secondary N) is 1. The fourth-order valence-electron chi connectivity index (χ4n) is 3.84. The molecule has 138 valence electrons. The molecule has 0 aliphatic carbocycles. The summed E-state index contributed by atoms with van der Waals surface area (Å²) >= 11 is 0. The SMILES string of the molecule is Cc1noc([C@@H]2CN(C(=O)NC[C@@H]3CCCO3)C[C@@H]2c2ccccc2)n1. The number of ether oxygens (including phenoxy) is 1. The number of benzene rings is 1. The van der Waals surface area contributed by atoms with Gasteiger partial charge in [0.25, 0.3) is 0 Å². The van der Waals surface area contributed by atoms with Crippen molar-refractivity contribution in [3.05, 3.63) is 47.6 Å². The maximum Gasteiger partial charge on any atom is 0.317 e. The molecular formula is C19H24N4O3. The van der Waals surface area contributed by atoms with Gasteiger partial charge in [-0.15, -0.1) is 0 Å². The molecule has 1 aromatic heterocycles. The van der Waals surface area contributed by atoms with Crippen LogP contribution >= 0.6 is 0 Å². The maximum atomic E-state index is 12.7. The third kappa shape index (κ3) is 3.58. The Hall–Kier alpha value is -2.41. The molecule has 2 aliphatic rings. The summed E-state index contributed by atoms with van der Waals surface area (Å²) in [5, 5.41) is 6.94. The second kappa shape index (κ2) is 7.45. The number of carbonyl (C=O) groups excluding carboxylic acids is 1. The van der Waals surface area contributed by atoms with E-state index in [1.165, 1.54) is 5.56 Å². The summed E-state index contributed by atoms with van der Waals surface area (Å²) in [6, 6.07) is 10.2. The van der Waals surface area contributed by atoms with Crippen LogP contribution < -0.4 is 5.32 Å². The molecule has 0 spiro atoms. The van der Waals surface area contributed by atoms with Crippen molar-refractivity contribution in [3.8, 4) is 0 Å². The van der Waals surface area contributed by atoms with Crippen LogP contribution in [0.4, 0.5) is 4.79 Å². The van der Waals surface area contributed by atoms with Crippen molar-refractivity contribution in [2.75, 3.05) is 26.2 Å². The molecule has 3 heterocycles. The largest absolute Gasteiger partial charge is 0.376 e. The fourth-order valence-corrected chi connectivity index (χ4v) is 3.84. The van der Waals surface area contributed by atoms with Crippen molar-refractivity contribution in [1.82, 2.24) is 20.4 Å². The van der Waals surface area contributed by atoms with Crippen LogP contribution in [0.15, 0.2) is 34.9 Å². The van der Waals surface area contributed by atoms with Crippen molar-refractivity contribution in [3.63, 3.8) is 0 Å². The van der Waals surface area contributed by atoms with E-state index in [4.69, 9.17) is 9.26 Å². The number of hydrogen-bond acceptors (Lipinski definition) is 5. The second-order valence-corrected chi connectivity index (χ2v) is 7.03. The van der Waals surface area contributed by atoms with E-state index in [1.54, 1.807) is 0 Å². The number of urea groups is 1. The minimum atomic E-state index is -0.0554. The molecule has 1 N–H and O–H groups in total. The van der Waals surface area contributed by atoms with E-state index >= 15 is 0 Å². The first-order valence-corrected chi connectivity index (χ1v) is 9.20. The van der Waals surface area contributed by atoms with E-state index in [2.05, 4.69) is 27.6 Å². The van der Waals surface area contributed by atoms with Crippen molar-refractivity contribution in [1.29, 1.82) is 0 Å². The number of aromatic nitrogens is 2. The Morgan fingerprint density at radius 2 is 2.08 bits per heavy atom. The lowest BCUT2D eigenvalue weighted by Gasteiger charge is -2.19. The van der Waals surface area contributed by atoms with E-state index in [1.807, 2.05) is 30.0 Å². The van der Waals surface area contributed by atoms with Gasteiger partial charge >= 0.3 is 6.03 Å². The molecule has 2 amide bonds. The van der Waals surface area contributed by atoms with Gasteiger partial charge in [-0.3, -0.25) is 0 Å². The van der Waals surface area contributed by atoms with Gasteiger partial charge in [0.2, 0.25) is 5.89 Å². The topological polar surface area (TPSA) is 80.5 Å². The molecule has 0 radical (unpaired) electrons. The summed E-state index contributed by atoms with van der Waals surface area (Å²) in [5.41, 5.74) is 1.18. The second-order valence-electron chi connectivity index (χ2n) is 7.03. The van der Waals surface area contributed by atoms with Crippen LogP contribution in [-0.2, 0) is 4.74 Å². The lowest BCUT2D eigenvalue weighted by molar-refractivity contribution is 0.109. The lowest BCUT2D eigenvalue weighted by Crippen LogP contribution is -2.41. The molecule has 7 nitrogen and oxygen atoms in total. The van der Waals surface area contributed by atoms with Gasteiger partial charge in [0, 0.05) is 32.2 Å². The van der Waals surface area contributed by atoms with Crippen LogP contribution in [0.2, 0.25) is 0 Å². The number of nitrogens with zero attached hydrogens (tertiary/aromatic N) is 3. The number of amides is 2. The minimum absolute atomic E-state index is 0.00656. The first-order valence-electron chi connectivity index (χ1n) is 9.20. The summed E-state index contributed by atoms with van der Waals surface area (Å²) in [5.74, 6) is 1.37. The summed E-state index contributed by atoms with van der Waals surface area (Å²) in [7, 11) is 0. The van der Waals surface area contributed by atoms with E-state index in [0.29, 0.717) is 31.3 Å². The number of hydrogen-bond donors (Lipinski definition) is 1. The van der Waals surface area contributed by atoms with Crippen LogP contribution in [0.5, 0.6) is 0 Å². The fraction of sp³-hybridized carbons (Fsp3) is 0.526. The molecule has 1 aromatic carbocycles. The highest BCUT2D eigenvalue weighted by Gasteiger charge is 2.40. The highest BCUT2D eigenvalue weighted by Crippen LogP contribution is 2.38. The first kappa shape index (κ1) is 17.0. The Balaban J connectivity index is 1.48. The van der Waals surface area contributed by atoms with E-state index in [0.717, 1.165) is 19.4 Å². The molecule has 0 bridgehead atoms. The molecular weight excluding hydrogens is 332 g/mol. The lowest BCUT2D eigenvalue weighted by atomic mass is 9.89. The van der Waals surface area contributed by atoms with Crippen LogP contribution in [0.1, 0.15) is 42.0 Å². The summed E-state index contributed by atoms with van der Waals surface area (Å²) in [6.07, 6.45) is 2.22. The van der Waals surface area contributed by atoms with Crippen LogP contribution in [-0.4, -0.2) is 53.4 Å². The zero-order valence-electron chi connectivity index (χ0n) is 14.9. The average Bonchev–Trinajstić information content (AvgIpc) is 3.40. The molecule has 4 rings (SSSR count). The van der Waals surface area contributed by atoms with Crippen LogP contribution in [0, 0.1) is 6.92 Å². The highest BCUT2D eigenvalue weighted by atomic mass is 16.5.